The molecule has 0 unspecified atom stereocenters. The number of nitrogens with zero attached hydrogens (tertiary/aromatic N) is 4. The van der Waals surface area contributed by atoms with E-state index in [0.29, 0.717) is 31.7 Å². The van der Waals surface area contributed by atoms with Gasteiger partial charge < -0.3 is 19.2 Å². The maximum absolute atomic E-state index is 13.1. The molecule has 0 radical (unpaired) electrons. The summed E-state index contributed by atoms with van der Waals surface area (Å²) < 4.78 is 7.87. The normalized spacial score (nSPS) is 11.0. The number of para-hydroxylation sites is 2. The molecule has 0 spiro atoms. The summed E-state index contributed by atoms with van der Waals surface area (Å²) in [5.41, 5.74) is 4.45. The van der Waals surface area contributed by atoms with E-state index in [2.05, 4.69) is 10.3 Å². The Morgan fingerprint density at radius 3 is 2.51 bits per heavy atom. The van der Waals surface area contributed by atoms with Crippen LogP contribution < -0.4 is 10.2 Å². The summed E-state index contributed by atoms with van der Waals surface area (Å²) in [6.45, 7) is 2.83. The fraction of sp³-hybridized carbons (Fsp3) is 0.226. The molecular weight excluding hydrogens is 490 g/mol. The molecule has 0 saturated heterocycles. The molecule has 0 bridgehead atoms. The maximum Gasteiger partial charge on any atom is 0.287 e. The summed E-state index contributed by atoms with van der Waals surface area (Å²) >= 11 is 0. The van der Waals surface area contributed by atoms with Gasteiger partial charge in [-0.15, -0.1) is 0 Å². The number of rotatable bonds is 10. The van der Waals surface area contributed by atoms with Crippen LogP contribution in [0.25, 0.3) is 22.4 Å². The Balaban J connectivity index is 1.29. The fourth-order valence-corrected chi connectivity index (χ4v) is 4.51. The van der Waals surface area contributed by atoms with Crippen LogP contribution in [-0.4, -0.2) is 32.9 Å². The lowest BCUT2D eigenvalue weighted by Crippen LogP contribution is -2.31. The van der Waals surface area contributed by atoms with E-state index in [1.165, 1.54) is 0 Å². The van der Waals surface area contributed by atoms with Gasteiger partial charge in [0.25, 0.3) is 5.91 Å². The van der Waals surface area contributed by atoms with Crippen LogP contribution in [0.3, 0.4) is 0 Å². The average Bonchev–Trinajstić information content (AvgIpc) is 3.58. The number of anilines is 1. The fourth-order valence-electron chi connectivity index (χ4n) is 4.51. The van der Waals surface area contributed by atoms with Crippen LogP contribution in [0.4, 0.5) is 5.69 Å². The van der Waals surface area contributed by atoms with Gasteiger partial charge >= 0.3 is 0 Å². The zero-order valence-electron chi connectivity index (χ0n) is 22.1. The smallest absolute Gasteiger partial charge is 0.287 e. The van der Waals surface area contributed by atoms with Crippen molar-refractivity contribution in [2.75, 3.05) is 11.4 Å². The quantitative estimate of drug-likeness (QED) is 0.261. The number of imidazole rings is 1. The van der Waals surface area contributed by atoms with E-state index < -0.39 is 0 Å². The Morgan fingerprint density at radius 1 is 0.974 bits per heavy atom. The Labute approximate surface area is 227 Å². The Hall–Kier alpha value is -4.72. The number of nitrogens with one attached hydrogen (secondary N) is 1. The minimum absolute atomic E-state index is 0.0416. The number of carbonyl (C=O) groups is 2. The van der Waals surface area contributed by atoms with E-state index in [-0.39, 0.29) is 17.6 Å². The first kappa shape index (κ1) is 25.9. The Morgan fingerprint density at radius 2 is 1.77 bits per heavy atom. The number of amides is 2. The van der Waals surface area contributed by atoms with E-state index in [4.69, 9.17) is 9.40 Å². The van der Waals surface area contributed by atoms with Gasteiger partial charge in [-0.2, -0.15) is 0 Å². The van der Waals surface area contributed by atoms with Gasteiger partial charge in [-0.05, 0) is 67.1 Å². The lowest BCUT2D eigenvalue weighted by molar-refractivity contribution is -0.118. The summed E-state index contributed by atoms with van der Waals surface area (Å²) in [5, 5.41) is 2.87. The predicted molar refractivity (Wildman–Crippen MR) is 151 cm³/mol. The van der Waals surface area contributed by atoms with Crippen molar-refractivity contribution in [2.24, 2.45) is 7.05 Å². The molecule has 8 heteroatoms. The zero-order valence-corrected chi connectivity index (χ0v) is 22.1. The first-order valence-electron chi connectivity index (χ1n) is 13.1. The number of benzene rings is 2. The molecule has 39 heavy (non-hydrogen) atoms. The molecule has 0 aliphatic heterocycles. The number of fused-ring (bicyclic) bond motifs is 1. The molecule has 0 aliphatic carbocycles. The van der Waals surface area contributed by atoms with Gasteiger partial charge in [-0.3, -0.25) is 14.6 Å². The van der Waals surface area contributed by atoms with Gasteiger partial charge in [0.1, 0.15) is 11.6 Å². The lowest BCUT2D eigenvalue weighted by atomic mass is 10.1. The SMILES string of the molecule is CCCC(=O)N(Cc1nc2ccccc2n1C)c1ccc(-c2ccc(C(=O)NCCc3ccccn3)o2)cc1. The van der Waals surface area contributed by atoms with E-state index in [9.17, 15) is 9.59 Å². The van der Waals surface area contributed by atoms with Crippen molar-refractivity contribution in [2.45, 2.75) is 32.7 Å². The minimum Gasteiger partial charge on any atom is -0.451 e. The number of carbonyl (C=O) groups excluding carboxylic acids is 2. The molecule has 2 aromatic carbocycles. The van der Waals surface area contributed by atoms with Crippen molar-refractivity contribution in [3.8, 4) is 11.3 Å². The minimum atomic E-state index is -0.271. The number of pyridine rings is 1. The summed E-state index contributed by atoms with van der Waals surface area (Å²) in [4.78, 5) is 36.5. The van der Waals surface area contributed by atoms with Crippen molar-refractivity contribution < 1.29 is 14.0 Å². The van der Waals surface area contributed by atoms with Gasteiger partial charge in [0.05, 0.1) is 17.6 Å². The van der Waals surface area contributed by atoms with Crippen molar-refractivity contribution in [3.05, 3.63) is 102 Å². The second-order valence-corrected chi connectivity index (χ2v) is 9.34. The number of furan rings is 1. The summed E-state index contributed by atoms with van der Waals surface area (Å²) in [6, 6.07) is 24.7. The number of hydrogen-bond acceptors (Lipinski definition) is 5. The van der Waals surface area contributed by atoms with Crippen molar-refractivity contribution >= 4 is 28.5 Å². The Kier molecular flexibility index (Phi) is 7.82. The summed E-state index contributed by atoms with van der Waals surface area (Å²) in [7, 11) is 1.97. The number of hydrogen-bond donors (Lipinski definition) is 1. The van der Waals surface area contributed by atoms with Crippen LogP contribution in [-0.2, 0) is 24.8 Å². The molecule has 3 aromatic heterocycles. The highest BCUT2D eigenvalue weighted by atomic mass is 16.3. The van der Waals surface area contributed by atoms with E-state index in [1.807, 2.05) is 85.3 Å². The third-order valence-electron chi connectivity index (χ3n) is 6.63. The van der Waals surface area contributed by atoms with Crippen LogP contribution in [0.5, 0.6) is 0 Å². The average molecular weight is 522 g/mol. The molecule has 5 rings (SSSR count). The molecule has 8 nitrogen and oxygen atoms in total. The second-order valence-electron chi connectivity index (χ2n) is 9.34. The molecule has 198 valence electrons. The van der Waals surface area contributed by atoms with Crippen molar-refractivity contribution in [1.82, 2.24) is 19.9 Å². The topological polar surface area (TPSA) is 93.3 Å². The molecule has 0 aliphatic rings. The largest absolute Gasteiger partial charge is 0.451 e. The third-order valence-corrected chi connectivity index (χ3v) is 6.63. The van der Waals surface area contributed by atoms with Gasteiger partial charge in [0.15, 0.2) is 5.76 Å². The first-order valence-corrected chi connectivity index (χ1v) is 13.1. The van der Waals surface area contributed by atoms with Crippen molar-refractivity contribution in [1.29, 1.82) is 0 Å². The lowest BCUT2D eigenvalue weighted by Gasteiger charge is -2.23. The van der Waals surface area contributed by atoms with Crippen LogP contribution >= 0.6 is 0 Å². The highest BCUT2D eigenvalue weighted by Gasteiger charge is 2.20. The summed E-state index contributed by atoms with van der Waals surface area (Å²) in [5.74, 6) is 1.41. The molecule has 0 saturated carbocycles. The molecule has 1 N–H and O–H groups in total. The second kappa shape index (κ2) is 11.8. The molecule has 0 atom stereocenters. The molecular formula is C31H31N5O3. The van der Waals surface area contributed by atoms with Crippen LogP contribution in [0, 0.1) is 0 Å². The first-order chi connectivity index (χ1) is 19.0. The third kappa shape index (κ3) is 5.90. The Bertz CT molecular complexity index is 1570. The van der Waals surface area contributed by atoms with Crippen molar-refractivity contribution in [3.63, 3.8) is 0 Å². The number of aromatic nitrogens is 3. The van der Waals surface area contributed by atoms with Gasteiger partial charge in [0.2, 0.25) is 5.91 Å². The molecule has 0 fully saturated rings. The van der Waals surface area contributed by atoms with Crippen LogP contribution in [0.1, 0.15) is 41.8 Å². The monoisotopic (exact) mass is 521 g/mol. The van der Waals surface area contributed by atoms with Crippen LogP contribution in [0.15, 0.2) is 89.5 Å². The van der Waals surface area contributed by atoms with E-state index in [1.54, 1.807) is 23.2 Å². The van der Waals surface area contributed by atoms with E-state index in [0.717, 1.165) is 40.2 Å². The van der Waals surface area contributed by atoms with E-state index >= 15 is 0 Å². The summed E-state index contributed by atoms with van der Waals surface area (Å²) in [6.07, 6.45) is 3.58. The predicted octanol–water partition coefficient (Wildman–Crippen LogP) is 5.53. The maximum atomic E-state index is 13.1. The van der Waals surface area contributed by atoms with Crippen LogP contribution in [0.2, 0.25) is 0 Å². The van der Waals surface area contributed by atoms with Gasteiger partial charge in [-0.25, -0.2) is 4.98 Å². The highest BCUT2D eigenvalue weighted by Crippen LogP contribution is 2.27. The molecule has 3 heterocycles. The highest BCUT2D eigenvalue weighted by molar-refractivity contribution is 5.94. The van der Waals surface area contributed by atoms with Gasteiger partial charge in [0, 0.05) is 49.6 Å². The standard InChI is InChI=1S/C31H31N5O3/c1-3-8-30(37)36(21-29-34-25-10-4-5-11-26(25)35(29)2)24-14-12-22(13-15-24)27-16-17-28(39-27)31(38)33-20-18-23-9-6-7-19-32-23/h4-7,9-17,19H,3,8,18,20-21H2,1-2H3,(H,33,38). The van der Waals surface area contributed by atoms with Gasteiger partial charge in [-0.1, -0.05) is 25.1 Å². The number of aryl methyl sites for hydroxylation is 1. The molecule has 2 amide bonds. The zero-order chi connectivity index (χ0) is 27.2. The molecule has 5 aromatic rings.